The van der Waals surface area contributed by atoms with Gasteiger partial charge in [-0.3, -0.25) is 4.79 Å². The Kier molecular flexibility index (Phi) is 5.35. The number of halogens is 1. The van der Waals surface area contributed by atoms with Crippen molar-refractivity contribution in [2.45, 2.75) is 18.8 Å². The molecule has 6 heteroatoms. The molecular formula is C18H17IN2O2S. The van der Waals surface area contributed by atoms with E-state index in [0.29, 0.717) is 4.91 Å². The van der Waals surface area contributed by atoms with Crippen molar-refractivity contribution in [1.29, 1.82) is 0 Å². The van der Waals surface area contributed by atoms with Gasteiger partial charge < -0.3 is 15.7 Å². The number of carbonyl (C=O) groups is 1. The highest BCUT2D eigenvalue weighted by Gasteiger charge is 2.27. The number of hydrogen-bond donors (Lipinski definition) is 3. The number of carbonyl (C=O) groups excluding carboxylic acids is 1. The molecule has 2 aromatic rings. The molecule has 0 aromatic heterocycles. The Labute approximate surface area is 158 Å². The van der Waals surface area contributed by atoms with Crippen molar-refractivity contribution in [3.05, 3.63) is 62.1 Å². The molecule has 0 unspecified atom stereocenters. The number of aromatic hydroxyl groups is 1. The van der Waals surface area contributed by atoms with Crippen molar-refractivity contribution in [3.8, 4) is 5.75 Å². The molecule has 1 atom stereocenters. The van der Waals surface area contributed by atoms with Crippen LogP contribution in [0, 0.1) is 3.57 Å². The molecule has 1 saturated heterocycles. The fraction of sp³-hybridized carbons (Fsp3) is 0.167. The van der Waals surface area contributed by atoms with Crippen LogP contribution in [0.4, 0.5) is 5.69 Å². The van der Waals surface area contributed by atoms with Crippen LogP contribution in [0.1, 0.15) is 18.1 Å². The van der Waals surface area contributed by atoms with Gasteiger partial charge >= 0.3 is 0 Å². The molecule has 1 aliphatic heterocycles. The van der Waals surface area contributed by atoms with E-state index in [0.717, 1.165) is 21.2 Å². The second kappa shape index (κ2) is 7.48. The Morgan fingerprint density at radius 3 is 2.71 bits per heavy atom. The molecule has 3 N–H and O–H groups in total. The van der Waals surface area contributed by atoms with Crippen molar-refractivity contribution in [3.63, 3.8) is 0 Å². The second-order valence-corrected chi connectivity index (χ2v) is 7.69. The number of phenols is 1. The van der Waals surface area contributed by atoms with E-state index < -0.39 is 0 Å². The Morgan fingerprint density at radius 1 is 1.29 bits per heavy atom. The van der Waals surface area contributed by atoms with Crippen molar-refractivity contribution in [2.75, 3.05) is 5.32 Å². The zero-order valence-electron chi connectivity index (χ0n) is 13.0. The van der Waals surface area contributed by atoms with E-state index in [2.05, 4.69) is 52.3 Å². The normalized spacial score (nSPS) is 18.7. The lowest BCUT2D eigenvalue weighted by Gasteiger charge is -2.12. The van der Waals surface area contributed by atoms with Gasteiger partial charge in [-0.15, -0.1) is 0 Å². The van der Waals surface area contributed by atoms with Crippen LogP contribution in [0.3, 0.4) is 0 Å². The van der Waals surface area contributed by atoms with E-state index in [1.807, 2.05) is 24.3 Å². The molecule has 1 heterocycles. The lowest BCUT2D eigenvalue weighted by molar-refractivity contribution is -0.116. The van der Waals surface area contributed by atoms with Gasteiger partial charge in [-0.05, 0) is 70.5 Å². The first-order valence-electron chi connectivity index (χ1n) is 7.58. The molecule has 0 bridgehead atoms. The summed E-state index contributed by atoms with van der Waals surface area (Å²) >= 11 is 3.52. The van der Waals surface area contributed by atoms with Crippen LogP contribution < -0.4 is 10.6 Å². The third-order valence-corrected chi connectivity index (χ3v) is 5.55. The van der Waals surface area contributed by atoms with Crippen molar-refractivity contribution in [1.82, 2.24) is 5.32 Å². The van der Waals surface area contributed by atoms with Gasteiger partial charge in [0.1, 0.15) is 5.75 Å². The summed E-state index contributed by atoms with van der Waals surface area (Å²) in [6.07, 6.45) is 2.84. The number of benzene rings is 2. The van der Waals surface area contributed by atoms with E-state index in [-0.39, 0.29) is 17.2 Å². The summed E-state index contributed by atoms with van der Waals surface area (Å²) in [5, 5.41) is 15.8. The van der Waals surface area contributed by atoms with Crippen LogP contribution in [0.15, 0.2) is 47.4 Å². The zero-order valence-corrected chi connectivity index (χ0v) is 16.0. The average molecular weight is 452 g/mol. The van der Waals surface area contributed by atoms with Crippen molar-refractivity contribution >= 4 is 52.0 Å². The van der Waals surface area contributed by atoms with Gasteiger partial charge in [0, 0.05) is 5.69 Å². The Hall–Kier alpha value is -1.67. The summed E-state index contributed by atoms with van der Waals surface area (Å²) in [5.41, 5.74) is 2.96. The summed E-state index contributed by atoms with van der Waals surface area (Å²) in [6, 6.07) is 13.5. The minimum Gasteiger partial charge on any atom is -0.507 e. The molecule has 4 nitrogen and oxygen atoms in total. The van der Waals surface area contributed by atoms with E-state index in [4.69, 9.17) is 0 Å². The SMILES string of the molecule is CCc1ccc(N[C@@H]2NC(=O)/C(=C/c3ccc(O)c(I)c3)S2)cc1. The largest absolute Gasteiger partial charge is 0.507 e. The molecule has 0 spiro atoms. The predicted octanol–water partition coefficient (Wildman–Crippen LogP) is 4.16. The van der Waals surface area contributed by atoms with Gasteiger partial charge in [-0.25, -0.2) is 0 Å². The van der Waals surface area contributed by atoms with Gasteiger partial charge in [-0.1, -0.05) is 36.9 Å². The van der Waals surface area contributed by atoms with Gasteiger partial charge in [0.2, 0.25) is 0 Å². The fourth-order valence-electron chi connectivity index (χ4n) is 2.32. The molecule has 2 aromatic carbocycles. The Morgan fingerprint density at radius 2 is 2.04 bits per heavy atom. The van der Waals surface area contributed by atoms with E-state index in [1.54, 1.807) is 12.1 Å². The summed E-state index contributed by atoms with van der Waals surface area (Å²) in [7, 11) is 0. The van der Waals surface area contributed by atoms with E-state index in [9.17, 15) is 9.90 Å². The minimum atomic E-state index is -0.188. The Balaban J connectivity index is 1.70. The van der Waals surface area contributed by atoms with E-state index >= 15 is 0 Å². The fourth-order valence-corrected chi connectivity index (χ4v) is 3.84. The number of anilines is 1. The van der Waals surface area contributed by atoms with Crippen LogP contribution in [-0.4, -0.2) is 16.5 Å². The first-order valence-corrected chi connectivity index (χ1v) is 9.54. The number of rotatable bonds is 4. The number of phenolic OH excluding ortho intramolecular Hbond substituents is 1. The van der Waals surface area contributed by atoms with Crippen molar-refractivity contribution in [2.24, 2.45) is 0 Å². The summed E-state index contributed by atoms with van der Waals surface area (Å²) in [6.45, 7) is 2.12. The molecule has 1 aliphatic rings. The molecular weight excluding hydrogens is 435 g/mol. The van der Waals surface area contributed by atoms with Gasteiger partial charge in [0.05, 0.1) is 8.48 Å². The number of amides is 1. The summed E-state index contributed by atoms with van der Waals surface area (Å²) < 4.78 is 0.760. The molecule has 1 fully saturated rings. The molecule has 1 amide bonds. The maximum Gasteiger partial charge on any atom is 0.260 e. The third-order valence-electron chi connectivity index (χ3n) is 3.66. The molecule has 3 rings (SSSR count). The Bertz CT molecular complexity index is 790. The highest BCUT2D eigenvalue weighted by molar-refractivity contribution is 14.1. The summed E-state index contributed by atoms with van der Waals surface area (Å²) in [4.78, 5) is 12.8. The average Bonchev–Trinajstić information content (AvgIpc) is 2.91. The maximum absolute atomic E-state index is 12.1. The lowest BCUT2D eigenvalue weighted by Crippen LogP contribution is -2.30. The van der Waals surface area contributed by atoms with E-state index in [1.165, 1.54) is 17.3 Å². The third kappa shape index (κ3) is 4.05. The maximum atomic E-state index is 12.1. The molecule has 24 heavy (non-hydrogen) atoms. The van der Waals surface area contributed by atoms with Crippen LogP contribution in [0.2, 0.25) is 0 Å². The van der Waals surface area contributed by atoms with Crippen LogP contribution in [-0.2, 0) is 11.2 Å². The molecule has 0 radical (unpaired) electrons. The molecule has 0 aliphatic carbocycles. The molecule has 124 valence electrons. The number of nitrogens with one attached hydrogen (secondary N) is 2. The van der Waals surface area contributed by atoms with Gasteiger partial charge in [-0.2, -0.15) is 0 Å². The van der Waals surface area contributed by atoms with Crippen LogP contribution in [0.25, 0.3) is 6.08 Å². The number of thioether (sulfide) groups is 1. The monoisotopic (exact) mass is 452 g/mol. The predicted molar refractivity (Wildman–Crippen MR) is 108 cm³/mol. The topological polar surface area (TPSA) is 61.4 Å². The molecule has 0 saturated carbocycles. The number of hydrogen-bond acceptors (Lipinski definition) is 4. The minimum absolute atomic E-state index is 0.0919. The second-order valence-electron chi connectivity index (χ2n) is 5.39. The van der Waals surface area contributed by atoms with Gasteiger partial charge in [0.25, 0.3) is 5.91 Å². The highest BCUT2D eigenvalue weighted by Crippen LogP contribution is 2.31. The highest BCUT2D eigenvalue weighted by atomic mass is 127. The first kappa shape index (κ1) is 17.2. The van der Waals surface area contributed by atoms with Gasteiger partial charge in [0.15, 0.2) is 5.50 Å². The number of aryl methyl sites for hydroxylation is 1. The van der Waals surface area contributed by atoms with Crippen molar-refractivity contribution < 1.29 is 9.90 Å². The standard InChI is InChI=1S/C18H17IN2O2S/c1-2-11-3-6-13(7-4-11)20-18-21-17(23)16(24-18)10-12-5-8-15(22)14(19)9-12/h3-10,18,20,22H,2H2,1H3,(H,21,23)/b16-10-/t18-/m1/s1. The first-order chi connectivity index (χ1) is 11.5. The quantitative estimate of drug-likeness (QED) is 0.482. The van der Waals surface area contributed by atoms with Crippen LogP contribution >= 0.6 is 34.4 Å². The zero-order chi connectivity index (χ0) is 17.1. The smallest absolute Gasteiger partial charge is 0.260 e. The summed E-state index contributed by atoms with van der Waals surface area (Å²) in [5.74, 6) is 0.155. The van der Waals surface area contributed by atoms with Crippen LogP contribution in [0.5, 0.6) is 5.75 Å². The lowest BCUT2D eigenvalue weighted by atomic mass is 10.1.